The third-order valence-corrected chi connectivity index (χ3v) is 6.00. The maximum absolute atomic E-state index is 13.1. The highest BCUT2D eigenvalue weighted by molar-refractivity contribution is 9.10. The second-order valence-electron chi connectivity index (χ2n) is 7.43. The minimum atomic E-state index is 0.0310. The Morgan fingerprint density at radius 1 is 1.15 bits per heavy atom. The number of halogens is 1. The average Bonchev–Trinajstić information content (AvgIpc) is 3.31. The number of hydrogen-bond acceptors (Lipinski definition) is 3. The number of phenolic OH excluding ortho intramolecular Hbond substituents is 1. The molecule has 27 heavy (non-hydrogen) atoms. The monoisotopic (exact) mass is 423 g/mol. The van der Waals surface area contributed by atoms with E-state index in [9.17, 15) is 9.90 Å². The molecule has 1 saturated carbocycles. The summed E-state index contributed by atoms with van der Waals surface area (Å²) in [6.07, 6.45) is 5.75. The maximum atomic E-state index is 13.1. The maximum Gasteiger partial charge on any atom is 0.254 e. The van der Waals surface area contributed by atoms with Gasteiger partial charge in [0.15, 0.2) is 0 Å². The quantitative estimate of drug-likeness (QED) is 0.676. The summed E-state index contributed by atoms with van der Waals surface area (Å²) in [4.78, 5) is 15.0. The van der Waals surface area contributed by atoms with Crippen molar-refractivity contribution in [2.45, 2.75) is 24.8 Å². The van der Waals surface area contributed by atoms with E-state index in [4.69, 9.17) is 0 Å². The van der Waals surface area contributed by atoms with E-state index in [0.717, 1.165) is 35.1 Å². The Morgan fingerprint density at radius 3 is 2.59 bits per heavy atom. The van der Waals surface area contributed by atoms with E-state index in [1.54, 1.807) is 16.9 Å². The van der Waals surface area contributed by atoms with Crippen LogP contribution in [0.4, 0.5) is 0 Å². The van der Waals surface area contributed by atoms with Crippen LogP contribution in [0.15, 0.2) is 59.3 Å². The summed E-state index contributed by atoms with van der Waals surface area (Å²) < 4.78 is 2.68. The predicted molar refractivity (Wildman–Crippen MR) is 105 cm³/mol. The van der Waals surface area contributed by atoms with E-state index in [2.05, 4.69) is 21.0 Å². The molecule has 1 amide bonds. The van der Waals surface area contributed by atoms with Gasteiger partial charge in [0.2, 0.25) is 0 Å². The summed E-state index contributed by atoms with van der Waals surface area (Å²) in [6, 6.07) is 13.1. The number of hydrogen-bond donors (Lipinski definition) is 1. The van der Waals surface area contributed by atoms with Crippen LogP contribution in [-0.2, 0) is 12.0 Å². The van der Waals surface area contributed by atoms with Gasteiger partial charge < -0.3 is 10.0 Å². The lowest BCUT2D eigenvalue weighted by Gasteiger charge is -2.35. The molecule has 2 aliphatic rings. The van der Waals surface area contributed by atoms with E-state index in [-0.39, 0.29) is 11.3 Å². The van der Waals surface area contributed by atoms with Gasteiger partial charge in [0.25, 0.3) is 5.91 Å². The molecule has 1 N–H and O–H groups in total. The van der Waals surface area contributed by atoms with Crippen molar-refractivity contribution in [3.63, 3.8) is 0 Å². The van der Waals surface area contributed by atoms with Gasteiger partial charge in [0.05, 0.1) is 16.4 Å². The van der Waals surface area contributed by atoms with Crippen molar-refractivity contribution in [2.24, 2.45) is 0 Å². The van der Waals surface area contributed by atoms with Gasteiger partial charge in [0.1, 0.15) is 5.75 Å². The fourth-order valence-electron chi connectivity index (χ4n) is 4.01. The van der Waals surface area contributed by atoms with Crippen LogP contribution in [0.25, 0.3) is 5.69 Å². The number of aromatic nitrogens is 2. The summed E-state index contributed by atoms with van der Waals surface area (Å²) in [6.45, 7) is 1.31. The Bertz CT molecular complexity index is 1040. The number of benzene rings is 2. The molecule has 5 rings (SSSR count). The van der Waals surface area contributed by atoms with Crippen LogP contribution in [0, 0.1) is 0 Å². The minimum Gasteiger partial charge on any atom is -0.508 e. The third kappa shape index (κ3) is 2.84. The van der Waals surface area contributed by atoms with Crippen LogP contribution in [-0.4, -0.2) is 32.2 Å². The minimum absolute atomic E-state index is 0.0310. The van der Waals surface area contributed by atoms with Gasteiger partial charge in [-0.15, -0.1) is 0 Å². The van der Waals surface area contributed by atoms with Crippen LogP contribution in [0.3, 0.4) is 0 Å². The first-order valence-corrected chi connectivity index (χ1v) is 9.76. The Labute approximate surface area is 165 Å². The van der Waals surface area contributed by atoms with Gasteiger partial charge in [0, 0.05) is 30.3 Å². The second kappa shape index (κ2) is 5.96. The summed E-state index contributed by atoms with van der Waals surface area (Å²) >= 11 is 3.39. The van der Waals surface area contributed by atoms with Gasteiger partial charge in [-0.2, -0.15) is 5.10 Å². The van der Waals surface area contributed by atoms with Crippen LogP contribution < -0.4 is 0 Å². The Morgan fingerprint density at radius 2 is 1.93 bits per heavy atom. The van der Waals surface area contributed by atoms with Crippen molar-refractivity contribution < 1.29 is 9.90 Å². The van der Waals surface area contributed by atoms with Crippen molar-refractivity contribution in [2.75, 3.05) is 6.54 Å². The molecule has 1 spiro atoms. The number of rotatable bonds is 2. The molecule has 136 valence electrons. The van der Waals surface area contributed by atoms with Crippen LogP contribution >= 0.6 is 15.9 Å². The molecule has 1 aliphatic heterocycles. The summed E-state index contributed by atoms with van der Waals surface area (Å²) in [5.41, 5.74) is 3.98. The predicted octanol–water partition coefficient (Wildman–Crippen LogP) is 4.03. The van der Waals surface area contributed by atoms with Crippen LogP contribution in [0.5, 0.6) is 5.75 Å². The number of phenols is 1. The largest absolute Gasteiger partial charge is 0.508 e. The second-order valence-corrected chi connectivity index (χ2v) is 8.35. The first-order valence-electron chi connectivity index (χ1n) is 8.96. The van der Waals surface area contributed by atoms with E-state index in [1.165, 1.54) is 5.56 Å². The molecule has 2 heterocycles. The zero-order chi connectivity index (χ0) is 18.6. The Hall–Kier alpha value is -2.60. The van der Waals surface area contributed by atoms with Gasteiger partial charge >= 0.3 is 0 Å². The number of amides is 1. The molecule has 5 nitrogen and oxygen atoms in total. The zero-order valence-electron chi connectivity index (χ0n) is 14.6. The molecular weight excluding hydrogens is 406 g/mol. The van der Waals surface area contributed by atoms with Crippen LogP contribution in [0.1, 0.15) is 34.3 Å². The summed E-state index contributed by atoms with van der Waals surface area (Å²) in [5.74, 6) is 0.355. The van der Waals surface area contributed by atoms with Crippen molar-refractivity contribution >= 4 is 21.8 Å². The molecule has 6 heteroatoms. The average molecular weight is 424 g/mol. The molecule has 2 aromatic carbocycles. The third-order valence-electron chi connectivity index (χ3n) is 5.59. The highest BCUT2D eigenvalue weighted by Crippen LogP contribution is 2.53. The normalized spacial score (nSPS) is 17.0. The highest BCUT2D eigenvalue weighted by Gasteiger charge is 2.50. The zero-order valence-corrected chi connectivity index (χ0v) is 16.2. The number of carbonyl (C=O) groups excluding carboxylic acids is 1. The number of carbonyl (C=O) groups is 1. The lowest BCUT2D eigenvalue weighted by atomic mass is 9.86. The van der Waals surface area contributed by atoms with Crippen molar-refractivity contribution in [3.8, 4) is 11.4 Å². The van der Waals surface area contributed by atoms with Crippen molar-refractivity contribution in [3.05, 3.63) is 76.0 Å². The van der Waals surface area contributed by atoms with Gasteiger partial charge in [-0.25, -0.2) is 4.68 Å². The van der Waals surface area contributed by atoms with E-state index in [1.807, 2.05) is 47.5 Å². The molecule has 0 atom stereocenters. The van der Waals surface area contributed by atoms with Gasteiger partial charge in [-0.1, -0.05) is 6.07 Å². The molecular formula is C21H18BrN3O2. The number of fused-ring (bicyclic) bond motifs is 2. The first kappa shape index (κ1) is 16.6. The standard InChI is InChI=1S/C21H18BrN3O2/c22-16-10-23-25(12-16)17-4-1-14(2-5-17)20(27)24-11-15-3-6-18(26)9-19(15)21(13-24)7-8-21/h1-6,9-10,12,26H,7-8,11,13H2. The fourth-order valence-corrected chi connectivity index (χ4v) is 4.30. The van der Waals surface area contributed by atoms with Gasteiger partial charge in [-0.3, -0.25) is 4.79 Å². The molecule has 0 saturated heterocycles. The summed E-state index contributed by atoms with van der Waals surface area (Å²) in [5, 5.41) is 14.1. The molecule has 1 fully saturated rings. The van der Waals surface area contributed by atoms with Crippen molar-refractivity contribution in [1.29, 1.82) is 0 Å². The van der Waals surface area contributed by atoms with E-state index < -0.39 is 0 Å². The fraction of sp³-hybridized carbons (Fsp3) is 0.238. The molecule has 0 bridgehead atoms. The lowest BCUT2D eigenvalue weighted by Crippen LogP contribution is -2.41. The molecule has 0 radical (unpaired) electrons. The number of nitrogens with zero attached hydrogens (tertiary/aromatic N) is 3. The molecule has 0 unspecified atom stereocenters. The Balaban J connectivity index is 1.41. The van der Waals surface area contributed by atoms with E-state index >= 15 is 0 Å². The van der Waals surface area contributed by atoms with Crippen LogP contribution in [0.2, 0.25) is 0 Å². The SMILES string of the molecule is O=C(c1ccc(-n2cc(Br)cn2)cc1)N1Cc2ccc(O)cc2C2(CC2)C1. The Kier molecular flexibility index (Phi) is 3.65. The molecule has 1 aliphatic carbocycles. The highest BCUT2D eigenvalue weighted by atomic mass is 79.9. The molecule has 3 aromatic rings. The van der Waals surface area contributed by atoms with Crippen molar-refractivity contribution in [1.82, 2.24) is 14.7 Å². The first-order chi connectivity index (χ1) is 13.0. The van der Waals surface area contributed by atoms with Gasteiger partial charge in [-0.05, 0) is 76.3 Å². The van der Waals surface area contributed by atoms with E-state index in [0.29, 0.717) is 17.9 Å². The topological polar surface area (TPSA) is 58.4 Å². The lowest BCUT2D eigenvalue weighted by molar-refractivity contribution is 0.0709. The summed E-state index contributed by atoms with van der Waals surface area (Å²) in [7, 11) is 0. The number of aromatic hydroxyl groups is 1. The molecule has 1 aromatic heterocycles. The smallest absolute Gasteiger partial charge is 0.254 e.